The lowest BCUT2D eigenvalue weighted by molar-refractivity contribution is -0.202. The summed E-state index contributed by atoms with van der Waals surface area (Å²) in [7, 11) is 1.79. The second-order valence-electron chi connectivity index (χ2n) is 19.3. The van der Waals surface area contributed by atoms with Crippen LogP contribution < -0.4 is 9.47 Å². The minimum absolute atomic E-state index is 0.0627. The molecule has 3 aromatic rings. The molecule has 0 aromatic heterocycles. The van der Waals surface area contributed by atoms with E-state index >= 15 is 0 Å². The highest BCUT2D eigenvalue weighted by atomic mass is 16.7. The highest BCUT2D eigenvalue weighted by Crippen LogP contribution is 2.66. The maximum absolute atomic E-state index is 6.85. The Balaban J connectivity index is 1.22. The molecule has 0 spiro atoms. The van der Waals surface area contributed by atoms with Gasteiger partial charge >= 0.3 is 0 Å². The maximum Gasteiger partial charge on any atom is 0.146 e. The summed E-state index contributed by atoms with van der Waals surface area (Å²) in [4.78, 5) is 0. The van der Waals surface area contributed by atoms with Crippen LogP contribution in [-0.2, 0) is 29.1 Å². The topological polar surface area (TPSA) is 36.9 Å². The predicted octanol–water partition coefficient (Wildman–Crippen LogP) is 13.2. The number of methoxy groups -OCH3 is 1. The van der Waals surface area contributed by atoms with Gasteiger partial charge in [-0.1, -0.05) is 127 Å². The van der Waals surface area contributed by atoms with Gasteiger partial charge in [0.2, 0.25) is 0 Å². The molecule has 0 amide bonds. The van der Waals surface area contributed by atoms with Crippen molar-refractivity contribution in [3.63, 3.8) is 0 Å². The van der Waals surface area contributed by atoms with E-state index in [0.29, 0.717) is 54.5 Å². The van der Waals surface area contributed by atoms with Crippen molar-refractivity contribution in [1.82, 2.24) is 0 Å². The Labute approximate surface area is 333 Å². The van der Waals surface area contributed by atoms with Crippen molar-refractivity contribution in [2.75, 3.05) is 13.9 Å². The molecule has 7 rings (SSSR count). The molecule has 55 heavy (non-hydrogen) atoms. The molecule has 3 fully saturated rings. The van der Waals surface area contributed by atoms with E-state index in [1.54, 1.807) is 12.7 Å². The van der Waals surface area contributed by atoms with Crippen LogP contribution in [0.4, 0.5) is 0 Å². The summed E-state index contributed by atoms with van der Waals surface area (Å²) in [6, 6.07) is 27.6. The third-order valence-electron chi connectivity index (χ3n) is 15.9. The average molecular weight is 747 g/mol. The molecular weight excluding hydrogens is 677 g/mol. The van der Waals surface area contributed by atoms with Crippen LogP contribution in [0, 0.1) is 45.3 Å². The van der Waals surface area contributed by atoms with Crippen LogP contribution in [-0.4, -0.2) is 20.0 Å². The largest absolute Gasteiger partial charge is 0.489 e. The number of allylic oxidation sites excluding steroid dienone is 2. The van der Waals surface area contributed by atoms with E-state index in [9.17, 15) is 0 Å². The van der Waals surface area contributed by atoms with Gasteiger partial charge in [0.25, 0.3) is 0 Å². The van der Waals surface area contributed by atoms with Crippen molar-refractivity contribution < 1.29 is 18.9 Å². The Hall–Kier alpha value is -3.08. The van der Waals surface area contributed by atoms with Gasteiger partial charge in [-0.3, -0.25) is 0 Å². The standard InChI is InChI=1S/C51H70O4/c1-37-23-25-43-44(20-15-28-48(43,3)4)49(37,5)30-31-51-29-27-38(2)50(6,46(51)21-14-22-47(51)55-36-52-7)33-41-32-42(53-34-39-16-10-8-11-17-39)24-26-45(41)54-35-40-18-12-9-13-19-40/h8-13,16-19,24-26,32,37-38,44,46-47H,14-15,20-23,27-31,33-36H2,1-7H3/t37-,38+,44+,46-,47-,49+,50+,51-/m0/s1. The molecule has 4 heteroatoms. The second kappa shape index (κ2) is 16.8. The van der Waals surface area contributed by atoms with Gasteiger partial charge in [-0.2, -0.15) is 0 Å². The molecule has 3 aromatic carbocycles. The molecule has 0 heterocycles. The summed E-state index contributed by atoms with van der Waals surface area (Å²) in [5.41, 5.74) is 6.18. The number of rotatable bonds is 14. The molecule has 298 valence electrons. The molecule has 8 atom stereocenters. The molecule has 0 unspecified atom stereocenters. The first-order chi connectivity index (χ1) is 26.5. The predicted molar refractivity (Wildman–Crippen MR) is 225 cm³/mol. The third kappa shape index (κ3) is 8.20. The quantitative estimate of drug-likeness (QED) is 0.122. The zero-order chi connectivity index (χ0) is 38.7. The average Bonchev–Trinajstić information content (AvgIpc) is 3.19. The van der Waals surface area contributed by atoms with E-state index in [1.165, 1.54) is 80.9 Å². The molecule has 0 aliphatic heterocycles. The fourth-order valence-electron chi connectivity index (χ4n) is 12.2. The third-order valence-corrected chi connectivity index (χ3v) is 15.9. The molecule has 3 saturated carbocycles. The van der Waals surface area contributed by atoms with Gasteiger partial charge in [-0.05, 0) is 139 Å². The van der Waals surface area contributed by atoms with Crippen molar-refractivity contribution in [3.8, 4) is 11.5 Å². The zero-order valence-electron chi connectivity index (χ0n) is 35.2. The van der Waals surface area contributed by atoms with Crippen LogP contribution in [0.3, 0.4) is 0 Å². The second-order valence-corrected chi connectivity index (χ2v) is 19.3. The SMILES string of the molecule is COCO[C@H]1CCC[C@H]2[C@](C)(Cc3cc(OCc4ccccc4)ccc3OCc3ccccc3)[C@H](C)CC[C@@]12CC[C@@]1(C)[C@@H]2CCCC(C)(C)C2=CC[C@@H]1C. The maximum atomic E-state index is 6.85. The highest BCUT2D eigenvalue weighted by molar-refractivity contribution is 5.42. The van der Waals surface area contributed by atoms with Gasteiger partial charge in [0.05, 0.1) is 6.10 Å². The molecule has 4 aliphatic rings. The first kappa shape index (κ1) is 40.1. The van der Waals surface area contributed by atoms with E-state index in [2.05, 4.69) is 126 Å². The minimum Gasteiger partial charge on any atom is -0.489 e. The van der Waals surface area contributed by atoms with Crippen molar-refractivity contribution in [1.29, 1.82) is 0 Å². The molecule has 4 nitrogen and oxygen atoms in total. The number of hydrogen-bond donors (Lipinski definition) is 0. The molecule has 0 radical (unpaired) electrons. The lowest BCUT2D eigenvalue weighted by Crippen LogP contribution is -2.58. The van der Waals surface area contributed by atoms with Crippen LogP contribution in [0.1, 0.15) is 129 Å². The smallest absolute Gasteiger partial charge is 0.146 e. The zero-order valence-corrected chi connectivity index (χ0v) is 35.2. The molecule has 0 N–H and O–H groups in total. The fourth-order valence-corrected chi connectivity index (χ4v) is 12.2. The Kier molecular flexibility index (Phi) is 12.3. The lowest BCUT2D eigenvalue weighted by atomic mass is 9.43. The van der Waals surface area contributed by atoms with Gasteiger partial charge in [-0.25, -0.2) is 0 Å². The summed E-state index contributed by atoms with van der Waals surface area (Å²) in [6.45, 7) is 16.9. The van der Waals surface area contributed by atoms with Crippen LogP contribution in [0.25, 0.3) is 0 Å². The summed E-state index contributed by atoms with van der Waals surface area (Å²) in [5, 5.41) is 0. The fraction of sp³-hybridized carbons (Fsp3) is 0.608. The van der Waals surface area contributed by atoms with E-state index < -0.39 is 0 Å². The molecule has 0 bridgehead atoms. The number of benzene rings is 3. The molecule has 4 aliphatic carbocycles. The molecular formula is C51H70O4. The normalized spacial score (nSPS) is 32.9. The minimum atomic E-state index is 0.0627. The number of fused-ring (bicyclic) bond motifs is 2. The van der Waals surface area contributed by atoms with Gasteiger partial charge in [-0.15, -0.1) is 0 Å². The first-order valence-electron chi connectivity index (χ1n) is 21.8. The van der Waals surface area contributed by atoms with E-state index in [-0.39, 0.29) is 16.9 Å². The first-order valence-corrected chi connectivity index (χ1v) is 21.8. The van der Waals surface area contributed by atoms with Gasteiger partial charge < -0.3 is 18.9 Å². The van der Waals surface area contributed by atoms with Crippen LogP contribution in [0.15, 0.2) is 90.5 Å². The Bertz CT molecular complexity index is 1730. The monoisotopic (exact) mass is 747 g/mol. The van der Waals surface area contributed by atoms with E-state index in [4.69, 9.17) is 18.9 Å². The van der Waals surface area contributed by atoms with Crippen molar-refractivity contribution in [3.05, 3.63) is 107 Å². The van der Waals surface area contributed by atoms with Crippen LogP contribution >= 0.6 is 0 Å². The Morgan fingerprint density at radius 2 is 1.40 bits per heavy atom. The lowest BCUT2D eigenvalue weighted by Gasteiger charge is -2.63. The summed E-state index contributed by atoms with van der Waals surface area (Å²) in [6.07, 6.45) is 17.6. The van der Waals surface area contributed by atoms with Crippen molar-refractivity contribution >= 4 is 0 Å². The van der Waals surface area contributed by atoms with Crippen molar-refractivity contribution in [2.45, 2.75) is 138 Å². The number of ether oxygens (including phenoxy) is 4. The van der Waals surface area contributed by atoms with E-state index in [1.807, 2.05) is 0 Å². The highest BCUT2D eigenvalue weighted by Gasteiger charge is 2.60. The van der Waals surface area contributed by atoms with Crippen LogP contribution in [0.5, 0.6) is 11.5 Å². The number of hydrogen-bond acceptors (Lipinski definition) is 4. The van der Waals surface area contributed by atoms with Crippen molar-refractivity contribution in [2.24, 2.45) is 45.3 Å². The molecule has 0 saturated heterocycles. The van der Waals surface area contributed by atoms with Gasteiger partial charge in [0.15, 0.2) is 0 Å². The van der Waals surface area contributed by atoms with E-state index in [0.717, 1.165) is 24.3 Å². The van der Waals surface area contributed by atoms with Gasteiger partial charge in [0.1, 0.15) is 31.5 Å². The Morgan fingerprint density at radius 1 is 0.691 bits per heavy atom. The Morgan fingerprint density at radius 3 is 2.11 bits per heavy atom. The summed E-state index contributed by atoms with van der Waals surface area (Å²) >= 11 is 0. The summed E-state index contributed by atoms with van der Waals surface area (Å²) < 4.78 is 25.7. The van der Waals surface area contributed by atoms with Gasteiger partial charge in [0, 0.05) is 12.5 Å². The van der Waals surface area contributed by atoms with Crippen LogP contribution in [0.2, 0.25) is 0 Å². The summed E-state index contributed by atoms with van der Waals surface area (Å²) in [5.74, 6) is 4.37.